The SMILES string of the molecule is NC1Cn2c(=O)ccc3ccc(Br)c1c32. The number of hydrogen-bond acceptors (Lipinski definition) is 2. The van der Waals surface area contributed by atoms with Gasteiger partial charge in [0.15, 0.2) is 0 Å². The Morgan fingerprint density at radius 1 is 1.33 bits per heavy atom. The van der Waals surface area contributed by atoms with Crippen LogP contribution in [0.1, 0.15) is 11.6 Å². The van der Waals surface area contributed by atoms with Crippen LogP contribution in [0.5, 0.6) is 0 Å². The van der Waals surface area contributed by atoms with Crippen LogP contribution in [0.15, 0.2) is 33.5 Å². The zero-order valence-corrected chi connectivity index (χ0v) is 9.49. The topological polar surface area (TPSA) is 48.0 Å². The molecule has 0 bridgehead atoms. The molecule has 76 valence electrons. The van der Waals surface area contributed by atoms with Gasteiger partial charge in [0, 0.05) is 22.6 Å². The molecule has 2 aromatic rings. The molecule has 0 aliphatic carbocycles. The summed E-state index contributed by atoms with van der Waals surface area (Å²) in [4.78, 5) is 11.6. The van der Waals surface area contributed by atoms with E-state index in [1.807, 2.05) is 18.2 Å². The average Bonchev–Trinajstić information content (AvgIpc) is 2.56. The largest absolute Gasteiger partial charge is 0.322 e. The third-order valence-corrected chi connectivity index (χ3v) is 3.58. The molecule has 0 spiro atoms. The lowest BCUT2D eigenvalue weighted by atomic mass is 10.1. The van der Waals surface area contributed by atoms with Crippen molar-refractivity contribution in [2.45, 2.75) is 12.6 Å². The molecular formula is C11H9BrN2O. The number of nitrogens with zero attached hydrogens (tertiary/aromatic N) is 1. The monoisotopic (exact) mass is 264 g/mol. The highest BCUT2D eigenvalue weighted by atomic mass is 79.9. The number of benzene rings is 1. The van der Waals surface area contributed by atoms with Gasteiger partial charge < -0.3 is 10.3 Å². The molecule has 3 rings (SSSR count). The number of halogens is 1. The highest BCUT2D eigenvalue weighted by Gasteiger charge is 2.24. The highest BCUT2D eigenvalue weighted by Crippen LogP contribution is 2.34. The number of pyridine rings is 1. The van der Waals surface area contributed by atoms with Gasteiger partial charge in [0.1, 0.15) is 0 Å². The zero-order chi connectivity index (χ0) is 10.6. The Balaban J connectivity index is 2.59. The smallest absolute Gasteiger partial charge is 0.251 e. The molecule has 1 aromatic heterocycles. The Kier molecular flexibility index (Phi) is 1.78. The second kappa shape index (κ2) is 2.93. The first kappa shape index (κ1) is 9.12. The van der Waals surface area contributed by atoms with Crippen LogP contribution in [-0.2, 0) is 6.54 Å². The molecule has 1 aliphatic heterocycles. The van der Waals surface area contributed by atoms with E-state index in [9.17, 15) is 4.79 Å². The van der Waals surface area contributed by atoms with E-state index in [0.29, 0.717) is 6.54 Å². The van der Waals surface area contributed by atoms with Crippen molar-refractivity contribution in [3.8, 4) is 0 Å². The summed E-state index contributed by atoms with van der Waals surface area (Å²) in [6, 6.07) is 7.34. The van der Waals surface area contributed by atoms with Crippen molar-refractivity contribution in [2.24, 2.45) is 5.73 Å². The fourth-order valence-corrected chi connectivity index (χ4v) is 2.83. The molecule has 0 saturated heterocycles. The van der Waals surface area contributed by atoms with Gasteiger partial charge >= 0.3 is 0 Å². The van der Waals surface area contributed by atoms with Crippen molar-refractivity contribution in [1.82, 2.24) is 4.57 Å². The molecule has 2 heterocycles. The molecule has 4 heteroatoms. The van der Waals surface area contributed by atoms with Crippen molar-refractivity contribution < 1.29 is 0 Å². The van der Waals surface area contributed by atoms with Crippen molar-refractivity contribution in [3.63, 3.8) is 0 Å². The second-order valence-electron chi connectivity index (χ2n) is 3.79. The van der Waals surface area contributed by atoms with E-state index in [1.165, 1.54) is 0 Å². The van der Waals surface area contributed by atoms with Gasteiger partial charge in [-0.05, 0) is 17.5 Å². The normalized spacial score (nSPS) is 18.7. The van der Waals surface area contributed by atoms with E-state index < -0.39 is 0 Å². The Hall–Kier alpha value is -1.13. The minimum Gasteiger partial charge on any atom is -0.322 e. The molecule has 1 unspecified atom stereocenters. The van der Waals surface area contributed by atoms with Gasteiger partial charge in [-0.25, -0.2) is 0 Å². The Labute approximate surface area is 94.6 Å². The van der Waals surface area contributed by atoms with Crippen LogP contribution in [-0.4, -0.2) is 4.57 Å². The van der Waals surface area contributed by atoms with E-state index >= 15 is 0 Å². The summed E-state index contributed by atoms with van der Waals surface area (Å²) in [5.41, 5.74) is 8.07. The van der Waals surface area contributed by atoms with Crippen molar-refractivity contribution in [2.75, 3.05) is 0 Å². The number of rotatable bonds is 0. The van der Waals surface area contributed by atoms with Gasteiger partial charge in [0.25, 0.3) is 5.56 Å². The molecule has 1 aliphatic rings. The third-order valence-electron chi connectivity index (χ3n) is 2.89. The van der Waals surface area contributed by atoms with Gasteiger partial charge in [-0.3, -0.25) is 4.79 Å². The Morgan fingerprint density at radius 2 is 2.07 bits per heavy atom. The summed E-state index contributed by atoms with van der Waals surface area (Å²) < 4.78 is 2.74. The second-order valence-corrected chi connectivity index (χ2v) is 4.64. The first-order valence-electron chi connectivity index (χ1n) is 4.76. The maximum atomic E-state index is 11.6. The summed E-state index contributed by atoms with van der Waals surface area (Å²) >= 11 is 3.48. The summed E-state index contributed by atoms with van der Waals surface area (Å²) in [5.74, 6) is 0. The van der Waals surface area contributed by atoms with Crippen LogP contribution in [0, 0.1) is 0 Å². The first-order valence-corrected chi connectivity index (χ1v) is 5.55. The molecule has 15 heavy (non-hydrogen) atoms. The third kappa shape index (κ3) is 1.12. The highest BCUT2D eigenvalue weighted by molar-refractivity contribution is 9.10. The van der Waals surface area contributed by atoms with Crippen molar-refractivity contribution in [3.05, 3.63) is 44.7 Å². The molecule has 0 fully saturated rings. The first-order chi connectivity index (χ1) is 7.18. The van der Waals surface area contributed by atoms with Crippen LogP contribution >= 0.6 is 15.9 Å². The summed E-state index contributed by atoms with van der Waals surface area (Å²) in [7, 11) is 0. The van der Waals surface area contributed by atoms with E-state index in [4.69, 9.17) is 5.73 Å². The van der Waals surface area contributed by atoms with Crippen LogP contribution in [0.2, 0.25) is 0 Å². The lowest BCUT2D eigenvalue weighted by Gasteiger charge is -2.05. The number of aromatic nitrogens is 1. The molecular weight excluding hydrogens is 256 g/mol. The zero-order valence-electron chi connectivity index (χ0n) is 7.90. The minimum atomic E-state index is -0.0850. The van der Waals surface area contributed by atoms with Crippen LogP contribution < -0.4 is 11.3 Å². The molecule has 1 atom stereocenters. The lowest BCUT2D eigenvalue weighted by Crippen LogP contribution is -2.19. The predicted molar refractivity (Wildman–Crippen MR) is 62.8 cm³/mol. The van der Waals surface area contributed by atoms with Gasteiger partial charge in [0.05, 0.1) is 11.6 Å². The maximum Gasteiger partial charge on any atom is 0.251 e. The molecule has 1 aromatic carbocycles. The Bertz CT molecular complexity index is 618. The quantitative estimate of drug-likeness (QED) is 0.789. The van der Waals surface area contributed by atoms with E-state index in [1.54, 1.807) is 10.6 Å². The predicted octanol–water partition coefficient (Wildman–Crippen LogP) is 1.78. The van der Waals surface area contributed by atoms with Crippen molar-refractivity contribution >= 4 is 26.8 Å². The standard InChI is InChI=1S/C11H9BrN2O/c12-7-3-1-6-2-4-9(15)14-5-8(13)10(7)11(6)14/h1-4,8H,5,13H2. The van der Waals surface area contributed by atoms with Crippen molar-refractivity contribution in [1.29, 1.82) is 0 Å². The van der Waals surface area contributed by atoms with Gasteiger partial charge in [0.2, 0.25) is 0 Å². The fraction of sp³-hybridized carbons (Fsp3) is 0.182. The minimum absolute atomic E-state index is 0.0230. The summed E-state index contributed by atoms with van der Waals surface area (Å²) in [6.45, 7) is 0.578. The molecule has 0 saturated carbocycles. The maximum absolute atomic E-state index is 11.6. The van der Waals surface area contributed by atoms with E-state index in [-0.39, 0.29) is 11.6 Å². The number of nitrogens with two attached hydrogens (primary N) is 1. The Morgan fingerprint density at radius 3 is 2.87 bits per heavy atom. The molecule has 3 nitrogen and oxygen atoms in total. The molecule has 0 radical (unpaired) electrons. The molecule has 0 amide bonds. The van der Waals surface area contributed by atoms with Gasteiger partial charge in [-0.1, -0.05) is 22.0 Å². The van der Waals surface area contributed by atoms with Crippen LogP contribution in [0.4, 0.5) is 0 Å². The van der Waals surface area contributed by atoms with Crippen LogP contribution in [0.25, 0.3) is 10.9 Å². The van der Waals surface area contributed by atoms with E-state index in [0.717, 1.165) is 20.9 Å². The average molecular weight is 265 g/mol. The summed E-state index contributed by atoms with van der Waals surface area (Å²) in [6.07, 6.45) is 0. The van der Waals surface area contributed by atoms with E-state index in [2.05, 4.69) is 15.9 Å². The number of hydrogen-bond donors (Lipinski definition) is 1. The summed E-state index contributed by atoms with van der Waals surface area (Å²) in [5, 5.41) is 1.07. The van der Waals surface area contributed by atoms with Gasteiger partial charge in [-0.2, -0.15) is 0 Å². The molecule has 2 N–H and O–H groups in total. The van der Waals surface area contributed by atoms with Gasteiger partial charge in [-0.15, -0.1) is 0 Å². The fourth-order valence-electron chi connectivity index (χ4n) is 2.22. The lowest BCUT2D eigenvalue weighted by molar-refractivity contribution is 0.620. The van der Waals surface area contributed by atoms with Crippen LogP contribution in [0.3, 0.4) is 0 Å².